The predicted octanol–water partition coefficient (Wildman–Crippen LogP) is 2.88. The Labute approximate surface area is 94.5 Å². The lowest BCUT2D eigenvalue weighted by Crippen LogP contribution is -1.94. The summed E-state index contributed by atoms with van der Waals surface area (Å²) in [5, 5.41) is 0. The van der Waals surface area contributed by atoms with Gasteiger partial charge < -0.3 is 10.3 Å². The molecule has 2 aromatic rings. The van der Waals surface area contributed by atoms with Gasteiger partial charge in [-0.1, -0.05) is 25.3 Å². The molecule has 3 heteroatoms. The van der Waals surface area contributed by atoms with Crippen LogP contribution in [0.2, 0.25) is 0 Å². The molecule has 3 nitrogen and oxygen atoms in total. The summed E-state index contributed by atoms with van der Waals surface area (Å²) in [6, 6.07) is 5.67. The molecule has 0 amide bonds. The second-order valence-corrected chi connectivity index (χ2v) is 3.39. The Morgan fingerprint density at radius 3 is 2.81 bits per heavy atom. The summed E-state index contributed by atoms with van der Waals surface area (Å²) in [6.45, 7) is 7.52. The van der Waals surface area contributed by atoms with Gasteiger partial charge in [0.2, 0.25) is 0 Å². The average molecular weight is 211 g/mol. The van der Waals surface area contributed by atoms with Crippen LogP contribution >= 0.6 is 0 Å². The third kappa shape index (κ3) is 1.63. The third-order valence-corrected chi connectivity index (χ3v) is 2.40. The van der Waals surface area contributed by atoms with Gasteiger partial charge in [-0.2, -0.15) is 0 Å². The summed E-state index contributed by atoms with van der Waals surface area (Å²) >= 11 is 0. The molecule has 0 bridgehead atoms. The van der Waals surface area contributed by atoms with E-state index in [4.69, 9.17) is 5.73 Å². The first kappa shape index (κ1) is 10.2. The van der Waals surface area contributed by atoms with E-state index in [1.807, 2.05) is 29.0 Å². The van der Waals surface area contributed by atoms with E-state index in [0.29, 0.717) is 5.69 Å². The number of rotatable bonds is 3. The van der Waals surface area contributed by atoms with Crippen molar-refractivity contribution in [3.63, 3.8) is 0 Å². The van der Waals surface area contributed by atoms with Crippen molar-refractivity contribution < 1.29 is 0 Å². The van der Waals surface area contributed by atoms with Gasteiger partial charge in [0.15, 0.2) is 0 Å². The first-order chi connectivity index (χ1) is 7.76. The first-order valence-corrected chi connectivity index (χ1v) is 4.94. The molecule has 0 spiro atoms. The summed E-state index contributed by atoms with van der Waals surface area (Å²) < 4.78 is 1.85. The molecule has 0 saturated carbocycles. The zero-order chi connectivity index (χ0) is 11.5. The molecule has 0 radical (unpaired) electrons. The maximum Gasteiger partial charge on any atom is 0.144 e. The fourth-order valence-corrected chi connectivity index (χ4v) is 1.61. The van der Waals surface area contributed by atoms with Crippen molar-refractivity contribution in [2.75, 3.05) is 5.73 Å². The molecule has 0 aliphatic carbocycles. The summed E-state index contributed by atoms with van der Waals surface area (Å²) in [5.41, 5.74) is 8.45. The van der Waals surface area contributed by atoms with Crippen LogP contribution in [0.5, 0.6) is 0 Å². The normalized spacial score (nSPS) is 10.0. The van der Waals surface area contributed by atoms with Crippen molar-refractivity contribution in [1.29, 1.82) is 0 Å². The van der Waals surface area contributed by atoms with Crippen molar-refractivity contribution in [3.05, 3.63) is 49.3 Å². The average Bonchev–Trinajstić information content (AvgIpc) is 2.76. The Morgan fingerprint density at radius 2 is 2.12 bits per heavy atom. The Hall–Kier alpha value is -2.29. The summed E-state index contributed by atoms with van der Waals surface area (Å²) in [6.07, 6.45) is 7.07. The molecule has 1 heterocycles. The zero-order valence-electron chi connectivity index (χ0n) is 8.93. The summed E-state index contributed by atoms with van der Waals surface area (Å²) in [5.74, 6) is 0.817. The Balaban J connectivity index is 2.66. The summed E-state index contributed by atoms with van der Waals surface area (Å²) in [7, 11) is 0. The maximum atomic E-state index is 5.78. The van der Waals surface area contributed by atoms with E-state index in [1.165, 1.54) is 0 Å². The highest BCUT2D eigenvalue weighted by Gasteiger charge is 2.08. The van der Waals surface area contributed by atoms with Gasteiger partial charge in [-0.3, -0.25) is 0 Å². The minimum absolute atomic E-state index is 0.708. The highest BCUT2D eigenvalue weighted by Crippen LogP contribution is 2.25. The van der Waals surface area contributed by atoms with Crippen LogP contribution in [0, 0.1) is 0 Å². The minimum Gasteiger partial charge on any atom is -0.399 e. The number of hydrogen-bond donors (Lipinski definition) is 1. The lowest BCUT2D eigenvalue weighted by molar-refractivity contribution is 1.15. The smallest absolute Gasteiger partial charge is 0.144 e. The van der Waals surface area contributed by atoms with Crippen molar-refractivity contribution in [2.45, 2.75) is 0 Å². The number of nitrogens with zero attached hydrogens (tertiary/aromatic N) is 2. The predicted molar refractivity (Wildman–Crippen MR) is 68.6 cm³/mol. The van der Waals surface area contributed by atoms with Crippen LogP contribution in [-0.2, 0) is 0 Å². The monoisotopic (exact) mass is 211 g/mol. The molecule has 0 atom stereocenters. The molecular formula is C13H13N3. The lowest BCUT2D eigenvalue weighted by atomic mass is 10.1. The Bertz CT molecular complexity index is 538. The number of hydrogen-bond acceptors (Lipinski definition) is 2. The number of anilines is 1. The van der Waals surface area contributed by atoms with Crippen LogP contribution in [0.25, 0.3) is 23.7 Å². The third-order valence-electron chi connectivity index (χ3n) is 2.40. The largest absolute Gasteiger partial charge is 0.399 e. The van der Waals surface area contributed by atoms with E-state index in [9.17, 15) is 0 Å². The second kappa shape index (κ2) is 4.06. The van der Waals surface area contributed by atoms with Crippen molar-refractivity contribution >= 4 is 18.0 Å². The number of nitrogens with two attached hydrogens (primary N) is 1. The van der Waals surface area contributed by atoms with E-state index in [2.05, 4.69) is 18.1 Å². The first-order valence-electron chi connectivity index (χ1n) is 4.94. The van der Waals surface area contributed by atoms with Gasteiger partial charge in [-0.15, -0.1) is 0 Å². The molecule has 0 aliphatic rings. The molecule has 1 aromatic heterocycles. The molecule has 2 N–H and O–H groups in total. The van der Waals surface area contributed by atoms with Crippen LogP contribution < -0.4 is 5.73 Å². The number of nitrogen functional groups attached to an aromatic ring is 1. The highest BCUT2D eigenvalue weighted by molar-refractivity contribution is 5.74. The van der Waals surface area contributed by atoms with Crippen LogP contribution in [0.3, 0.4) is 0 Å². The number of benzene rings is 1. The standard InChI is InChI=1S/C13H13N3/c1-3-10-5-6-11(14)9-12(10)13-15-7-8-16(13)4-2/h3-9H,1-2,14H2. The van der Waals surface area contributed by atoms with Gasteiger partial charge in [-0.05, 0) is 17.7 Å². The number of aromatic nitrogens is 2. The van der Waals surface area contributed by atoms with E-state index in [1.54, 1.807) is 18.5 Å². The van der Waals surface area contributed by atoms with E-state index < -0.39 is 0 Å². The molecule has 16 heavy (non-hydrogen) atoms. The Kier molecular flexibility index (Phi) is 2.60. The lowest BCUT2D eigenvalue weighted by Gasteiger charge is -2.07. The molecule has 2 rings (SSSR count). The Morgan fingerprint density at radius 1 is 1.31 bits per heavy atom. The molecule has 0 fully saturated rings. The van der Waals surface area contributed by atoms with Crippen molar-refractivity contribution in [1.82, 2.24) is 9.55 Å². The van der Waals surface area contributed by atoms with Crippen LogP contribution in [0.15, 0.2) is 43.8 Å². The molecule has 0 aliphatic heterocycles. The fraction of sp³-hybridized carbons (Fsp3) is 0. The SMILES string of the molecule is C=Cc1ccc(N)cc1-c1nccn1C=C. The molecule has 80 valence electrons. The molecule has 0 unspecified atom stereocenters. The van der Waals surface area contributed by atoms with Gasteiger partial charge in [-0.25, -0.2) is 4.98 Å². The van der Waals surface area contributed by atoms with Crippen LogP contribution in [-0.4, -0.2) is 9.55 Å². The quantitative estimate of drug-likeness (QED) is 0.793. The molecule has 0 saturated heterocycles. The fourth-order valence-electron chi connectivity index (χ4n) is 1.61. The van der Waals surface area contributed by atoms with Crippen molar-refractivity contribution in [2.24, 2.45) is 0 Å². The zero-order valence-corrected chi connectivity index (χ0v) is 8.93. The summed E-state index contributed by atoms with van der Waals surface area (Å²) in [4.78, 5) is 4.30. The van der Waals surface area contributed by atoms with Crippen molar-refractivity contribution in [3.8, 4) is 11.4 Å². The van der Waals surface area contributed by atoms with Gasteiger partial charge >= 0.3 is 0 Å². The van der Waals surface area contributed by atoms with Crippen LogP contribution in [0.1, 0.15) is 5.56 Å². The van der Waals surface area contributed by atoms with E-state index in [-0.39, 0.29) is 0 Å². The second-order valence-electron chi connectivity index (χ2n) is 3.39. The minimum atomic E-state index is 0.708. The molecular weight excluding hydrogens is 198 g/mol. The van der Waals surface area contributed by atoms with Gasteiger partial charge in [0, 0.05) is 29.8 Å². The van der Waals surface area contributed by atoms with Gasteiger partial charge in [0.25, 0.3) is 0 Å². The molecule has 1 aromatic carbocycles. The highest BCUT2D eigenvalue weighted by atomic mass is 15.0. The maximum absolute atomic E-state index is 5.78. The topological polar surface area (TPSA) is 43.8 Å². The van der Waals surface area contributed by atoms with E-state index >= 15 is 0 Å². The van der Waals surface area contributed by atoms with Gasteiger partial charge in [0.1, 0.15) is 5.82 Å². The number of imidazole rings is 1. The van der Waals surface area contributed by atoms with Gasteiger partial charge in [0.05, 0.1) is 0 Å². The van der Waals surface area contributed by atoms with E-state index in [0.717, 1.165) is 17.0 Å². The van der Waals surface area contributed by atoms with Crippen LogP contribution in [0.4, 0.5) is 5.69 Å².